The third-order valence-electron chi connectivity index (χ3n) is 3.71. The van der Waals surface area contributed by atoms with Crippen molar-refractivity contribution in [3.63, 3.8) is 0 Å². The third kappa shape index (κ3) is 7.30. The van der Waals surface area contributed by atoms with Gasteiger partial charge in [0, 0.05) is 22.7 Å². The van der Waals surface area contributed by atoms with Crippen LogP contribution in [0.4, 0.5) is 5.69 Å². The smallest absolute Gasteiger partial charge is 0.259 e. The number of ketones is 1. The van der Waals surface area contributed by atoms with Crippen LogP contribution in [0.2, 0.25) is 5.02 Å². The van der Waals surface area contributed by atoms with Crippen molar-refractivity contribution in [1.29, 1.82) is 0 Å². The predicted octanol–water partition coefficient (Wildman–Crippen LogP) is 4.09. The highest BCUT2D eigenvalue weighted by Gasteiger charge is 2.28. The number of halogens is 1. The van der Waals surface area contributed by atoms with Crippen molar-refractivity contribution in [2.45, 2.75) is 18.1 Å². The fraction of sp³-hybridized carbons (Fsp3) is 0.200. The van der Waals surface area contributed by atoms with Gasteiger partial charge in [0.1, 0.15) is 14.8 Å². The van der Waals surface area contributed by atoms with E-state index in [9.17, 15) is 17.8 Å². The summed E-state index contributed by atoms with van der Waals surface area (Å²) in [6, 6.07) is 12.7. The van der Waals surface area contributed by atoms with Crippen molar-refractivity contribution in [1.82, 2.24) is 0 Å². The standard InChI is InChI=1S/C18H15ClN2OS2.C2H6O4S/c1-2-23-18-15(21-10-4-3-5-11-21)14(20)17(24-18)16(22)12-6-8-13(19)9-7-12;1-2-6-7(3,4)5/h3-11H,2H2,1H3,(H-,20,22);2H2,1H3,(H,3,4,5). The van der Waals surface area contributed by atoms with Gasteiger partial charge in [-0.05, 0) is 36.9 Å². The molecule has 0 aliphatic rings. The molecule has 2 heterocycles. The van der Waals surface area contributed by atoms with Crippen LogP contribution >= 0.6 is 34.7 Å². The quantitative estimate of drug-likeness (QED) is 0.171. The molecule has 0 aliphatic heterocycles. The maximum absolute atomic E-state index is 12.8. The van der Waals surface area contributed by atoms with Gasteiger partial charge < -0.3 is 10.3 Å². The van der Waals surface area contributed by atoms with E-state index in [1.165, 1.54) is 18.3 Å². The number of anilines is 1. The van der Waals surface area contributed by atoms with Gasteiger partial charge in [-0.15, -0.1) is 23.1 Å². The lowest BCUT2D eigenvalue weighted by atomic mass is 10.1. The predicted molar refractivity (Wildman–Crippen MR) is 123 cm³/mol. The van der Waals surface area contributed by atoms with E-state index in [0.29, 0.717) is 21.2 Å². The van der Waals surface area contributed by atoms with Crippen molar-refractivity contribution >= 4 is 56.6 Å². The fourth-order valence-corrected chi connectivity index (χ4v) is 5.26. The van der Waals surface area contributed by atoms with Gasteiger partial charge >= 0.3 is 0 Å². The number of thiophene rings is 1. The number of carbonyl (C=O) groups is 1. The zero-order chi connectivity index (χ0) is 23.0. The normalized spacial score (nSPS) is 11.0. The number of benzene rings is 1. The largest absolute Gasteiger partial charge is 0.726 e. The second-order valence-corrected chi connectivity index (χ2v) is 9.89. The highest BCUT2D eigenvalue weighted by Crippen LogP contribution is 2.39. The van der Waals surface area contributed by atoms with Crippen LogP contribution in [0.25, 0.3) is 5.69 Å². The molecule has 0 unspecified atom stereocenters. The lowest BCUT2D eigenvalue weighted by Gasteiger charge is -2.02. The van der Waals surface area contributed by atoms with Gasteiger partial charge in [0.15, 0.2) is 12.4 Å². The molecule has 0 bridgehead atoms. The average molecular weight is 501 g/mol. The number of hydrogen-bond donors (Lipinski definition) is 1. The van der Waals surface area contributed by atoms with Crippen LogP contribution in [0.3, 0.4) is 0 Å². The van der Waals surface area contributed by atoms with E-state index in [1.807, 2.05) is 35.2 Å². The van der Waals surface area contributed by atoms with E-state index in [1.54, 1.807) is 36.0 Å². The lowest BCUT2D eigenvalue weighted by Crippen LogP contribution is -2.30. The van der Waals surface area contributed by atoms with E-state index >= 15 is 0 Å². The van der Waals surface area contributed by atoms with Gasteiger partial charge in [-0.25, -0.2) is 8.42 Å². The first kappa shape index (κ1) is 25.3. The van der Waals surface area contributed by atoms with Crippen LogP contribution in [0.5, 0.6) is 0 Å². The lowest BCUT2D eigenvalue weighted by molar-refractivity contribution is -0.596. The molecule has 11 heteroatoms. The minimum Gasteiger partial charge on any atom is -0.726 e. The summed E-state index contributed by atoms with van der Waals surface area (Å²) in [6.07, 6.45) is 3.88. The monoisotopic (exact) mass is 500 g/mol. The molecule has 3 rings (SSSR count). The summed E-state index contributed by atoms with van der Waals surface area (Å²) in [5.74, 6) is 0.837. The van der Waals surface area contributed by atoms with Crippen molar-refractivity contribution < 1.29 is 26.5 Å². The molecular weight excluding hydrogens is 480 g/mol. The molecule has 0 aliphatic carbocycles. The molecule has 0 fully saturated rings. The molecule has 1 aromatic carbocycles. The second-order valence-electron chi connectivity index (χ2n) is 5.85. The Balaban J connectivity index is 0.000000423. The first-order valence-corrected chi connectivity index (χ1v) is 12.6. The summed E-state index contributed by atoms with van der Waals surface area (Å²) in [4.78, 5) is 13.4. The number of nitrogens with two attached hydrogens (primary N) is 1. The minimum absolute atomic E-state index is 0.0742. The first-order valence-electron chi connectivity index (χ1n) is 9.10. The summed E-state index contributed by atoms with van der Waals surface area (Å²) in [5, 5.41) is 0.605. The highest BCUT2D eigenvalue weighted by atomic mass is 35.5. The van der Waals surface area contributed by atoms with E-state index in [4.69, 9.17) is 17.3 Å². The molecule has 0 radical (unpaired) electrons. The number of thioether (sulfide) groups is 1. The maximum atomic E-state index is 12.8. The summed E-state index contributed by atoms with van der Waals surface area (Å²) in [6.45, 7) is 3.42. The van der Waals surface area contributed by atoms with Gasteiger partial charge in [-0.3, -0.25) is 8.98 Å². The Morgan fingerprint density at radius 1 is 1.19 bits per heavy atom. The number of carbonyl (C=O) groups excluding carboxylic acids is 1. The molecule has 0 saturated heterocycles. The van der Waals surface area contributed by atoms with E-state index in [2.05, 4.69) is 11.1 Å². The van der Waals surface area contributed by atoms with E-state index < -0.39 is 10.4 Å². The Labute approximate surface area is 194 Å². The third-order valence-corrected chi connectivity index (χ3v) is 6.82. The number of pyridine rings is 1. The SMILES string of the molecule is CCOS(=O)(=O)[O-].CCSc1sc(C(=O)c2ccc(Cl)cc2)c(N)c1-[n+]1ccccc1. The molecule has 2 aromatic heterocycles. The molecule has 3 aromatic rings. The van der Waals surface area contributed by atoms with Crippen LogP contribution in [0.15, 0.2) is 59.1 Å². The summed E-state index contributed by atoms with van der Waals surface area (Å²) >= 11 is 9.04. The Kier molecular flexibility index (Phi) is 9.48. The minimum atomic E-state index is -4.42. The molecule has 0 amide bonds. The van der Waals surface area contributed by atoms with Crippen molar-refractivity contribution in [3.8, 4) is 5.69 Å². The number of hydrogen-bond acceptors (Lipinski definition) is 8. The molecule has 31 heavy (non-hydrogen) atoms. The molecule has 0 saturated carbocycles. The van der Waals surface area contributed by atoms with Crippen molar-refractivity contribution in [3.05, 3.63) is 70.3 Å². The zero-order valence-electron chi connectivity index (χ0n) is 16.8. The number of rotatable bonds is 7. The Morgan fingerprint density at radius 3 is 2.29 bits per heavy atom. The molecule has 0 atom stereocenters. The van der Waals surface area contributed by atoms with Crippen LogP contribution in [-0.4, -0.2) is 31.1 Å². The number of aromatic nitrogens is 1. The molecule has 0 spiro atoms. The molecule has 7 nitrogen and oxygen atoms in total. The van der Waals surface area contributed by atoms with Crippen LogP contribution in [0, 0.1) is 0 Å². The van der Waals surface area contributed by atoms with Gasteiger partial charge in [-0.1, -0.05) is 24.6 Å². The van der Waals surface area contributed by atoms with Gasteiger partial charge in [0.2, 0.25) is 16.2 Å². The maximum Gasteiger partial charge on any atom is 0.259 e. The highest BCUT2D eigenvalue weighted by molar-refractivity contribution is 8.01. The van der Waals surface area contributed by atoms with Crippen molar-refractivity contribution in [2.24, 2.45) is 0 Å². The molecule has 2 N–H and O–H groups in total. The molecule has 166 valence electrons. The zero-order valence-corrected chi connectivity index (χ0v) is 20.0. The summed E-state index contributed by atoms with van der Waals surface area (Å²) in [7, 11) is -4.42. The Morgan fingerprint density at radius 2 is 1.81 bits per heavy atom. The number of nitrogens with zero attached hydrogens (tertiary/aromatic N) is 1. The summed E-state index contributed by atoms with van der Waals surface area (Å²) in [5.41, 5.74) is 8.35. The van der Waals surface area contributed by atoms with Gasteiger partial charge in [-0.2, -0.15) is 4.57 Å². The van der Waals surface area contributed by atoms with Crippen molar-refractivity contribution in [2.75, 3.05) is 18.1 Å². The second kappa shape index (κ2) is 11.6. The van der Waals surface area contributed by atoms with E-state index in [0.717, 1.165) is 15.6 Å². The Bertz CT molecular complexity index is 1120. The molecular formula is C20H21ClN2O5S3. The topological polar surface area (TPSA) is 113 Å². The van der Waals surface area contributed by atoms with Gasteiger partial charge in [0.25, 0.3) is 5.69 Å². The Hall–Kier alpha value is -1.95. The van der Waals surface area contributed by atoms with Crippen LogP contribution < -0.4 is 10.3 Å². The fourth-order valence-electron chi connectivity index (χ4n) is 2.48. The first-order chi connectivity index (χ1) is 14.7. The number of nitrogen functional groups attached to an aromatic ring is 1. The van der Waals surface area contributed by atoms with Crippen LogP contribution in [-0.2, 0) is 14.6 Å². The average Bonchev–Trinajstić information content (AvgIpc) is 3.04. The van der Waals surface area contributed by atoms with E-state index in [-0.39, 0.29) is 12.4 Å². The summed E-state index contributed by atoms with van der Waals surface area (Å²) < 4.78 is 35.0. The van der Waals surface area contributed by atoms with Gasteiger partial charge in [0.05, 0.1) is 6.61 Å². The van der Waals surface area contributed by atoms with Crippen LogP contribution in [0.1, 0.15) is 29.1 Å².